The van der Waals surface area contributed by atoms with Crippen LogP contribution in [0.25, 0.3) is 0 Å². The molecule has 0 N–H and O–H groups in total. The predicted molar refractivity (Wildman–Crippen MR) is 80.6 cm³/mol. The van der Waals surface area contributed by atoms with Gasteiger partial charge in [0, 0.05) is 25.3 Å². The molecule has 2 nitrogen and oxygen atoms in total. The SMILES string of the molecule is CN(Cc1cccc(Cl)c1Cl)C(=O)CCCCBr. The lowest BCUT2D eigenvalue weighted by Gasteiger charge is -2.18. The van der Waals surface area contributed by atoms with Gasteiger partial charge >= 0.3 is 0 Å². The quantitative estimate of drug-likeness (QED) is 0.544. The fourth-order valence-corrected chi connectivity index (χ4v) is 2.35. The largest absolute Gasteiger partial charge is 0.341 e. The van der Waals surface area contributed by atoms with E-state index >= 15 is 0 Å². The molecule has 0 fully saturated rings. The third-order valence-corrected chi connectivity index (χ3v) is 4.06. The van der Waals surface area contributed by atoms with E-state index in [4.69, 9.17) is 23.2 Å². The lowest BCUT2D eigenvalue weighted by molar-refractivity contribution is -0.130. The maximum atomic E-state index is 11.9. The van der Waals surface area contributed by atoms with E-state index in [-0.39, 0.29) is 5.91 Å². The van der Waals surface area contributed by atoms with Crippen molar-refractivity contribution >= 4 is 45.0 Å². The van der Waals surface area contributed by atoms with Crippen molar-refractivity contribution < 1.29 is 4.79 Å². The first-order valence-electron chi connectivity index (χ1n) is 5.79. The second-order valence-corrected chi connectivity index (χ2v) is 5.69. The molecular weight excluding hydrogens is 337 g/mol. The molecule has 0 radical (unpaired) electrons. The van der Waals surface area contributed by atoms with Crippen LogP contribution < -0.4 is 0 Å². The highest BCUT2D eigenvalue weighted by Crippen LogP contribution is 2.26. The summed E-state index contributed by atoms with van der Waals surface area (Å²) in [5.74, 6) is 0.131. The van der Waals surface area contributed by atoms with Crippen LogP contribution in [0.1, 0.15) is 24.8 Å². The molecule has 1 amide bonds. The minimum atomic E-state index is 0.131. The van der Waals surface area contributed by atoms with Gasteiger partial charge in [-0.1, -0.05) is 51.3 Å². The molecule has 0 heterocycles. The topological polar surface area (TPSA) is 20.3 Å². The molecule has 18 heavy (non-hydrogen) atoms. The molecule has 0 saturated carbocycles. The monoisotopic (exact) mass is 351 g/mol. The van der Waals surface area contributed by atoms with Crippen molar-refractivity contribution in [1.82, 2.24) is 4.90 Å². The van der Waals surface area contributed by atoms with Crippen molar-refractivity contribution in [1.29, 1.82) is 0 Å². The highest BCUT2D eigenvalue weighted by Gasteiger charge is 2.11. The van der Waals surface area contributed by atoms with Gasteiger partial charge in [-0.25, -0.2) is 0 Å². The van der Waals surface area contributed by atoms with Gasteiger partial charge in [0.25, 0.3) is 0 Å². The van der Waals surface area contributed by atoms with E-state index in [1.54, 1.807) is 18.0 Å². The smallest absolute Gasteiger partial charge is 0.222 e. The summed E-state index contributed by atoms with van der Waals surface area (Å²) in [5.41, 5.74) is 0.875. The van der Waals surface area contributed by atoms with E-state index in [0.717, 1.165) is 23.7 Å². The average Bonchev–Trinajstić information content (AvgIpc) is 2.35. The van der Waals surface area contributed by atoms with Gasteiger partial charge in [-0.2, -0.15) is 0 Å². The van der Waals surface area contributed by atoms with Crippen molar-refractivity contribution in [2.75, 3.05) is 12.4 Å². The Bertz CT molecular complexity index is 412. The van der Waals surface area contributed by atoms with Crippen LogP contribution >= 0.6 is 39.1 Å². The van der Waals surface area contributed by atoms with Gasteiger partial charge < -0.3 is 4.90 Å². The standard InChI is InChI=1S/C13H16BrCl2NO/c1-17(12(18)7-2-3-8-14)9-10-5-4-6-11(15)13(10)16/h4-6H,2-3,7-9H2,1H3. The maximum absolute atomic E-state index is 11.9. The Labute approximate surface area is 126 Å². The van der Waals surface area contributed by atoms with Crippen LogP contribution in [-0.2, 0) is 11.3 Å². The minimum Gasteiger partial charge on any atom is -0.341 e. The second kappa shape index (κ2) is 8.03. The third-order valence-electron chi connectivity index (χ3n) is 2.64. The third kappa shape index (κ3) is 4.79. The lowest BCUT2D eigenvalue weighted by Crippen LogP contribution is -2.26. The van der Waals surface area contributed by atoms with E-state index in [0.29, 0.717) is 23.0 Å². The number of carbonyl (C=O) groups excluding carboxylic acids is 1. The molecule has 0 aliphatic carbocycles. The Morgan fingerprint density at radius 2 is 2.06 bits per heavy atom. The van der Waals surface area contributed by atoms with Crippen LogP contribution in [0.5, 0.6) is 0 Å². The minimum absolute atomic E-state index is 0.131. The van der Waals surface area contributed by atoms with Crippen LogP contribution in [0, 0.1) is 0 Å². The van der Waals surface area contributed by atoms with E-state index in [2.05, 4.69) is 15.9 Å². The van der Waals surface area contributed by atoms with Crippen molar-refractivity contribution in [3.8, 4) is 0 Å². The lowest BCUT2D eigenvalue weighted by atomic mass is 10.2. The summed E-state index contributed by atoms with van der Waals surface area (Å²) in [6.07, 6.45) is 2.48. The fraction of sp³-hybridized carbons (Fsp3) is 0.462. The zero-order chi connectivity index (χ0) is 13.5. The Morgan fingerprint density at radius 1 is 1.33 bits per heavy atom. The van der Waals surface area contributed by atoms with Gasteiger partial charge in [0.05, 0.1) is 10.0 Å². The Hall–Kier alpha value is -0.250. The molecule has 0 saturated heterocycles. The Balaban J connectivity index is 2.56. The molecule has 1 rings (SSSR count). The predicted octanol–water partition coefficient (Wildman–Crippen LogP) is 4.52. The zero-order valence-corrected chi connectivity index (χ0v) is 13.4. The fourth-order valence-electron chi connectivity index (χ4n) is 1.58. The molecule has 1 aromatic carbocycles. The number of benzene rings is 1. The van der Waals surface area contributed by atoms with Crippen LogP contribution in [0.15, 0.2) is 18.2 Å². The van der Waals surface area contributed by atoms with Crippen molar-refractivity contribution in [3.63, 3.8) is 0 Å². The number of amides is 1. The molecule has 0 spiro atoms. The number of hydrogen-bond donors (Lipinski definition) is 0. The van der Waals surface area contributed by atoms with E-state index in [1.165, 1.54) is 0 Å². The Morgan fingerprint density at radius 3 is 2.72 bits per heavy atom. The summed E-state index contributed by atoms with van der Waals surface area (Å²) in [6.45, 7) is 0.493. The molecule has 0 bridgehead atoms. The molecule has 1 aromatic rings. The number of halogens is 3. The maximum Gasteiger partial charge on any atom is 0.222 e. The highest BCUT2D eigenvalue weighted by molar-refractivity contribution is 9.09. The number of carbonyl (C=O) groups is 1. The van der Waals surface area contributed by atoms with Gasteiger partial charge in [-0.3, -0.25) is 4.79 Å². The first-order valence-corrected chi connectivity index (χ1v) is 7.66. The molecule has 0 aliphatic heterocycles. The van der Waals surface area contributed by atoms with Gasteiger partial charge in [0.2, 0.25) is 5.91 Å². The van der Waals surface area contributed by atoms with E-state index in [1.807, 2.05) is 12.1 Å². The molecule has 5 heteroatoms. The van der Waals surface area contributed by atoms with Crippen molar-refractivity contribution in [2.45, 2.75) is 25.8 Å². The molecule has 0 atom stereocenters. The summed E-state index contributed by atoms with van der Waals surface area (Å²) in [6, 6.07) is 5.47. The summed E-state index contributed by atoms with van der Waals surface area (Å²) in [7, 11) is 1.79. The van der Waals surface area contributed by atoms with Crippen molar-refractivity contribution in [2.24, 2.45) is 0 Å². The van der Waals surface area contributed by atoms with Crippen molar-refractivity contribution in [3.05, 3.63) is 33.8 Å². The van der Waals surface area contributed by atoms with Gasteiger partial charge in [-0.05, 0) is 24.5 Å². The summed E-state index contributed by atoms with van der Waals surface area (Å²) >= 11 is 15.4. The second-order valence-electron chi connectivity index (χ2n) is 4.11. The highest BCUT2D eigenvalue weighted by atomic mass is 79.9. The molecule has 0 aliphatic rings. The van der Waals surface area contributed by atoms with E-state index in [9.17, 15) is 4.79 Å². The number of hydrogen-bond acceptors (Lipinski definition) is 1. The van der Waals surface area contributed by atoms with E-state index < -0.39 is 0 Å². The molecule has 100 valence electrons. The molecular formula is C13H16BrCl2NO. The number of rotatable bonds is 6. The van der Waals surface area contributed by atoms with Crippen LogP contribution in [0.4, 0.5) is 0 Å². The van der Waals surface area contributed by atoms with Gasteiger partial charge in [0.1, 0.15) is 0 Å². The van der Waals surface area contributed by atoms with Crippen LogP contribution in [0.3, 0.4) is 0 Å². The number of alkyl halides is 1. The van der Waals surface area contributed by atoms with Crippen LogP contribution in [-0.4, -0.2) is 23.2 Å². The zero-order valence-electron chi connectivity index (χ0n) is 10.3. The van der Waals surface area contributed by atoms with Crippen LogP contribution in [0.2, 0.25) is 10.0 Å². The summed E-state index contributed by atoms with van der Waals surface area (Å²) in [5, 5.41) is 1.98. The first-order chi connectivity index (χ1) is 8.56. The van der Waals surface area contributed by atoms with Gasteiger partial charge in [0.15, 0.2) is 0 Å². The average molecular weight is 353 g/mol. The number of nitrogens with zero attached hydrogens (tertiary/aromatic N) is 1. The molecule has 0 aromatic heterocycles. The summed E-state index contributed by atoms with van der Waals surface area (Å²) in [4.78, 5) is 13.5. The normalized spacial score (nSPS) is 10.4. The first kappa shape index (κ1) is 15.8. The molecule has 0 unspecified atom stereocenters. The number of unbranched alkanes of at least 4 members (excludes halogenated alkanes) is 1. The van der Waals surface area contributed by atoms with Gasteiger partial charge in [-0.15, -0.1) is 0 Å². The Kier molecular flexibility index (Phi) is 7.05. The summed E-state index contributed by atoms with van der Waals surface area (Å²) < 4.78 is 0.